The second kappa shape index (κ2) is 6.45. The molecule has 4 rings (SSSR count). The second-order valence-electron chi connectivity index (χ2n) is 8.23. The van der Waals surface area contributed by atoms with E-state index in [1.54, 1.807) is 0 Å². The maximum Gasteiger partial charge on any atom is 0.189 e. The molecule has 8 nitrogen and oxygen atoms in total. The molecule has 1 aliphatic rings. The molecule has 1 saturated heterocycles. The van der Waals surface area contributed by atoms with E-state index in [4.69, 9.17) is 10.7 Å². The molecule has 0 saturated carbocycles. The minimum Gasteiger partial charge on any atom is -0.379 e. The van der Waals surface area contributed by atoms with Crippen LogP contribution >= 0.6 is 0 Å². The zero-order valence-corrected chi connectivity index (χ0v) is 16.2. The van der Waals surface area contributed by atoms with Gasteiger partial charge in [-0.25, -0.2) is 4.98 Å². The zero-order chi connectivity index (χ0) is 19.2. The second-order valence-corrected chi connectivity index (χ2v) is 8.23. The lowest BCUT2D eigenvalue weighted by Crippen LogP contribution is -2.56. The van der Waals surface area contributed by atoms with E-state index in [1.807, 2.05) is 25.1 Å². The van der Waals surface area contributed by atoms with Gasteiger partial charge < -0.3 is 16.0 Å². The van der Waals surface area contributed by atoms with Gasteiger partial charge in [0, 0.05) is 36.6 Å². The summed E-state index contributed by atoms with van der Waals surface area (Å²) in [6.07, 6.45) is 0. The van der Waals surface area contributed by atoms with Crippen molar-refractivity contribution in [1.29, 1.82) is 0 Å². The molecule has 0 bridgehead atoms. The number of benzene rings is 1. The summed E-state index contributed by atoms with van der Waals surface area (Å²) in [7, 11) is 0. The monoisotopic (exact) mass is 366 g/mol. The average molecular weight is 366 g/mol. The summed E-state index contributed by atoms with van der Waals surface area (Å²) < 4.78 is 0. The standard InChI is InChI=1S/C19H26N8/c1-11-13-9-12(5-6-14(13)24-23-11)17-22-18(16(20)25-26-17)27-8-7-21-15(10-27)19(2,3)4/h5-6,9,15,21H,7-8,10H2,1-4H3,(H2,20,25)(H,23,24)/t15-/m1/s1. The van der Waals surface area contributed by atoms with Crippen LogP contribution in [0.2, 0.25) is 0 Å². The highest BCUT2D eigenvalue weighted by Crippen LogP contribution is 2.28. The third-order valence-electron chi connectivity index (χ3n) is 5.23. The van der Waals surface area contributed by atoms with Crippen LogP contribution in [0.3, 0.4) is 0 Å². The van der Waals surface area contributed by atoms with Crippen molar-refractivity contribution >= 4 is 22.5 Å². The number of aromatic amines is 1. The molecule has 0 unspecified atom stereocenters. The van der Waals surface area contributed by atoms with Crippen LogP contribution in [0.1, 0.15) is 26.5 Å². The van der Waals surface area contributed by atoms with Crippen molar-refractivity contribution in [1.82, 2.24) is 30.7 Å². The van der Waals surface area contributed by atoms with E-state index in [9.17, 15) is 0 Å². The Labute approximate surface area is 158 Å². The number of anilines is 2. The predicted molar refractivity (Wildman–Crippen MR) is 108 cm³/mol. The highest BCUT2D eigenvalue weighted by molar-refractivity contribution is 5.85. The van der Waals surface area contributed by atoms with Crippen molar-refractivity contribution in [2.45, 2.75) is 33.7 Å². The first-order chi connectivity index (χ1) is 12.8. The van der Waals surface area contributed by atoms with Crippen LogP contribution in [0.25, 0.3) is 22.3 Å². The van der Waals surface area contributed by atoms with Gasteiger partial charge in [-0.05, 0) is 30.5 Å². The molecule has 4 N–H and O–H groups in total. The van der Waals surface area contributed by atoms with Crippen LogP contribution in [0.4, 0.5) is 11.6 Å². The molecule has 27 heavy (non-hydrogen) atoms. The highest BCUT2D eigenvalue weighted by Gasteiger charge is 2.31. The molecule has 1 aliphatic heterocycles. The number of H-pyrrole nitrogens is 1. The quantitative estimate of drug-likeness (QED) is 0.637. The normalized spacial score (nSPS) is 18.2. The van der Waals surface area contributed by atoms with Gasteiger partial charge in [0.1, 0.15) is 0 Å². The Morgan fingerprint density at radius 2 is 2.04 bits per heavy atom. The Bertz CT molecular complexity index is 971. The third-order valence-corrected chi connectivity index (χ3v) is 5.23. The summed E-state index contributed by atoms with van der Waals surface area (Å²) in [6.45, 7) is 11.3. The number of nitrogens with two attached hydrogens (primary N) is 1. The van der Waals surface area contributed by atoms with Crippen molar-refractivity contribution in [3.8, 4) is 11.4 Å². The molecular formula is C19H26N8. The molecule has 1 aromatic carbocycles. The minimum atomic E-state index is 0.153. The molecule has 1 atom stereocenters. The molecule has 142 valence electrons. The van der Waals surface area contributed by atoms with Crippen LogP contribution in [0.15, 0.2) is 18.2 Å². The fourth-order valence-corrected chi connectivity index (χ4v) is 3.49. The number of rotatable bonds is 2. The van der Waals surface area contributed by atoms with E-state index in [2.05, 4.69) is 51.4 Å². The van der Waals surface area contributed by atoms with Crippen LogP contribution < -0.4 is 16.0 Å². The Balaban J connectivity index is 1.69. The fourth-order valence-electron chi connectivity index (χ4n) is 3.49. The van der Waals surface area contributed by atoms with E-state index in [1.165, 1.54) is 0 Å². The Morgan fingerprint density at radius 1 is 1.22 bits per heavy atom. The van der Waals surface area contributed by atoms with Crippen molar-refractivity contribution in [3.63, 3.8) is 0 Å². The number of hydrogen-bond donors (Lipinski definition) is 3. The average Bonchev–Trinajstić information content (AvgIpc) is 3.02. The van der Waals surface area contributed by atoms with E-state index in [0.29, 0.717) is 23.5 Å². The predicted octanol–water partition coefficient (Wildman–Crippen LogP) is 2.13. The van der Waals surface area contributed by atoms with Gasteiger partial charge in [-0.1, -0.05) is 20.8 Å². The van der Waals surface area contributed by atoms with E-state index in [0.717, 1.165) is 41.8 Å². The van der Waals surface area contributed by atoms with Gasteiger partial charge >= 0.3 is 0 Å². The number of nitrogen functional groups attached to an aromatic ring is 1. The van der Waals surface area contributed by atoms with Crippen molar-refractivity contribution in [2.75, 3.05) is 30.3 Å². The smallest absolute Gasteiger partial charge is 0.189 e. The lowest BCUT2D eigenvalue weighted by Gasteiger charge is -2.41. The van der Waals surface area contributed by atoms with Gasteiger partial charge in [-0.15, -0.1) is 10.2 Å². The van der Waals surface area contributed by atoms with Gasteiger partial charge in [0.15, 0.2) is 17.5 Å². The number of nitrogens with one attached hydrogen (secondary N) is 2. The summed E-state index contributed by atoms with van der Waals surface area (Å²) in [4.78, 5) is 6.98. The first-order valence-corrected chi connectivity index (χ1v) is 9.26. The van der Waals surface area contributed by atoms with Crippen LogP contribution in [-0.4, -0.2) is 51.1 Å². The van der Waals surface area contributed by atoms with Gasteiger partial charge in [-0.2, -0.15) is 5.10 Å². The molecule has 3 heterocycles. The van der Waals surface area contributed by atoms with E-state index in [-0.39, 0.29) is 5.41 Å². The topological polar surface area (TPSA) is 109 Å². The molecule has 3 aromatic rings. The number of hydrogen-bond acceptors (Lipinski definition) is 7. The van der Waals surface area contributed by atoms with E-state index < -0.39 is 0 Å². The zero-order valence-electron chi connectivity index (χ0n) is 16.2. The minimum absolute atomic E-state index is 0.153. The Kier molecular flexibility index (Phi) is 4.22. The highest BCUT2D eigenvalue weighted by atomic mass is 15.3. The number of piperazine rings is 1. The van der Waals surface area contributed by atoms with Gasteiger partial charge in [-0.3, -0.25) is 5.10 Å². The maximum absolute atomic E-state index is 6.14. The fraction of sp³-hybridized carbons (Fsp3) is 0.474. The van der Waals surface area contributed by atoms with Gasteiger partial charge in [0.25, 0.3) is 0 Å². The SMILES string of the molecule is Cc1n[nH]c2ccc(-c3nnc(N)c(N4CCN[C@@H](C(C)(C)C)C4)n3)cc12. The maximum atomic E-state index is 6.14. The summed E-state index contributed by atoms with van der Waals surface area (Å²) in [5, 5.41) is 20.3. The van der Waals surface area contributed by atoms with Crippen molar-refractivity contribution in [2.24, 2.45) is 5.41 Å². The largest absolute Gasteiger partial charge is 0.379 e. The van der Waals surface area contributed by atoms with Gasteiger partial charge in [0.2, 0.25) is 0 Å². The Morgan fingerprint density at radius 3 is 2.81 bits per heavy atom. The lowest BCUT2D eigenvalue weighted by atomic mass is 9.85. The number of fused-ring (bicyclic) bond motifs is 1. The van der Waals surface area contributed by atoms with Crippen molar-refractivity contribution < 1.29 is 0 Å². The van der Waals surface area contributed by atoms with Crippen LogP contribution in [0, 0.1) is 12.3 Å². The third kappa shape index (κ3) is 3.32. The molecule has 8 heteroatoms. The first-order valence-electron chi connectivity index (χ1n) is 9.26. The van der Waals surface area contributed by atoms with Crippen LogP contribution in [-0.2, 0) is 0 Å². The summed E-state index contributed by atoms with van der Waals surface area (Å²) in [5.41, 5.74) is 9.14. The van der Waals surface area contributed by atoms with Crippen LogP contribution in [0.5, 0.6) is 0 Å². The molecule has 2 aromatic heterocycles. The Hall–Kier alpha value is -2.74. The summed E-state index contributed by atoms with van der Waals surface area (Å²) >= 11 is 0. The molecular weight excluding hydrogens is 340 g/mol. The van der Waals surface area contributed by atoms with E-state index >= 15 is 0 Å². The molecule has 0 aliphatic carbocycles. The summed E-state index contributed by atoms with van der Waals surface area (Å²) in [6, 6.07) is 6.37. The molecule has 0 amide bonds. The number of nitrogens with zero attached hydrogens (tertiary/aromatic N) is 5. The number of aromatic nitrogens is 5. The molecule has 0 radical (unpaired) electrons. The molecule has 1 fully saturated rings. The molecule has 0 spiro atoms. The summed E-state index contributed by atoms with van der Waals surface area (Å²) in [5.74, 6) is 1.65. The first kappa shape index (κ1) is 17.7. The van der Waals surface area contributed by atoms with Gasteiger partial charge in [0.05, 0.1) is 11.2 Å². The number of aryl methyl sites for hydroxylation is 1. The van der Waals surface area contributed by atoms with Crippen molar-refractivity contribution in [3.05, 3.63) is 23.9 Å². The lowest BCUT2D eigenvalue weighted by molar-refractivity contribution is 0.253.